The maximum absolute atomic E-state index is 13.6. The van der Waals surface area contributed by atoms with Crippen LogP contribution >= 0.6 is 48.0 Å². The van der Waals surface area contributed by atoms with Gasteiger partial charge >= 0.3 is 0 Å². The molecule has 3 aromatic carbocycles. The van der Waals surface area contributed by atoms with Crippen molar-refractivity contribution in [3.05, 3.63) is 106 Å². The maximum Gasteiger partial charge on any atom is 0.253 e. The number of amides is 2. The van der Waals surface area contributed by atoms with Gasteiger partial charge in [-0.15, -0.1) is 24.8 Å². The fraction of sp³-hybridized carbons (Fsp3) is 0.394. The first kappa shape index (κ1) is 35.2. The number of hydrogen-bond acceptors (Lipinski definition) is 4. The Balaban J connectivity index is 0.00000253. The molecule has 0 spiro atoms. The third-order valence-electron chi connectivity index (χ3n) is 8.95. The fourth-order valence-electron chi connectivity index (χ4n) is 6.53. The number of halogens is 4. The molecule has 0 saturated carbocycles. The Morgan fingerprint density at radius 2 is 1.44 bits per heavy atom. The molecule has 2 aliphatic rings. The topological polar surface area (TPSA) is 55.9 Å². The Bertz CT molecular complexity index is 1370. The minimum Gasteiger partial charge on any atom is -0.347 e. The van der Waals surface area contributed by atoms with E-state index in [4.69, 9.17) is 23.2 Å². The van der Waals surface area contributed by atoms with E-state index in [1.807, 2.05) is 65.6 Å². The lowest BCUT2D eigenvalue weighted by molar-refractivity contribution is -0.121. The average Bonchev–Trinajstić information content (AvgIpc) is 2.99. The van der Waals surface area contributed by atoms with Crippen LogP contribution in [0.1, 0.15) is 47.7 Å². The van der Waals surface area contributed by atoms with Crippen LogP contribution in [0.5, 0.6) is 0 Å². The minimum atomic E-state index is -0.428. The lowest BCUT2D eigenvalue weighted by Gasteiger charge is -2.51. The van der Waals surface area contributed by atoms with Gasteiger partial charge in [0.1, 0.15) is 0 Å². The molecule has 1 unspecified atom stereocenters. The quantitative estimate of drug-likeness (QED) is 0.308. The Hall–Kier alpha value is -2.32. The lowest BCUT2D eigenvalue weighted by atomic mass is 9.79. The van der Waals surface area contributed by atoms with E-state index in [9.17, 15) is 9.59 Å². The highest BCUT2D eigenvalue weighted by Crippen LogP contribution is 2.39. The van der Waals surface area contributed by atoms with Crippen LogP contribution in [-0.2, 0) is 15.9 Å². The second kappa shape index (κ2) is 15.1. The smallest absolute Gasteiger partial charge is 0.253 e. The largest absolute Gasteiger partial charge is 0.347 e. The van der Waals surface area contributed by atoms with Crippen molar-refractivity contribution in [1.82, 2.24) is 20.0 Å². The molecule has 10 heteroatoms. The number of hydrogen-bond donors (Lipinski definition) is 1. The predicted molar refractivity (Wildman–Crippen MR) is 180 cm³/mol. The summed E-state index contributed by atoms with van der Waals surface area (Å²) in [4.78, 5) is 32.6. The van der Waals surface area contributed by atoms with Crippen molar-refractivity contribution in [2.45, 2.75) is 37.3 Å². The van der Waals surface area contributed by atoms with E-state index in [1.54, 1.807) is 6.92 Å². The van der Waals surface area contributed by atoms with Crippen molar-refractivity contribution in [2.75, 3.05) is 46.3 Å². The Morgan fingerprint density at radius 1 is 0.814 bits per heavy atom. The van der Waals surface area contributed by atoms with Gasteiger partial charge in [-0.05, 0) is 61.7 Å². The number of benzene rings is 3. The standard InChI is InChI=1S/C33H38Cl2N4O2.2ClH/c1-25(40)36-32(27-11-7-4-8-12-27)15-18-38(19-16-32)20-17-33(28-13-14-29(34)30(35)23-28)24-39(22-21-37(33)2)31(41)26-9-5-3-6-10-26;;/h3-14,23H,15-22,24H2,1-2H3,(H,36,40);2*1H. The molecule has 3 aromatic rings. The number of piperazine rings is 1. The molecule has 1 N–H and O–H groups in total. The number of nitrogens with zero attached hydrogens (tertiary/aromatic N) is 3. The first-order valence-corrected chi connectivity index (χ1v) is 15.1. The summed E-state index contributed by atoms with van der Waals surface area (Å²) in [6, 6.07) is 25.7. The van der Waals surface area contributed by atoms with E-state index < -0.39 is 5.54 Å². The van der Waals surface area contributed by atoms with Gasteiger partial charge in [0.2, 0.25) is 5.91 Å². The van der Waals surface area contributed by atoms with E-state index in [0.717, 1.165) is 56.6 Å². The third kappa shape index (κ3) is 7.67. The van der Waals surface area contributed by atoms with Crippen LogP contribution < -0.4 is 5.32 Å². The molecule has 2 fully saturated rings. The highest BCUT2D eigenvalue weighted by molar-refractivity contribution is 6.42. The van der Waals surface area contributed by atoms with Gasteiger partial charge in [-0.25, -0.2) is 0 Å². The van der Waals surface area contributed by atoms with Crippen molar-refractivity contribution in [3.63, 3.8) is 0 Å². The predicted octanol–water partition coefficient (Wildman–Crippen LogP) is 6.64. The molecule has 2 saturated heterocycles. The molecule has 2 aliphatic heterocycles. The van der Waals surface area contributed by atoms with Crippen molar-refractivity contribution in [1.29, 1.82) is 0 Å². The van der Waals surface area contributed by atoms with Crippen LogP contribution in [0, 0.1) is 0 Å². The molecule has 43 heavy (non-hydrogen) atoms. The summed E-state index contributed by atoms with van der Waals surface area (Å²) in [6.45, 7) is 6.14. The van der Waals surface area contributed by atoms with Gasteiger partial charge in [-0.1, -0.05) is 77.8 Å². The summed E-state index contributed by atoms with van der Waals surface area (Å²) in [7, 11) is 2.14. The lowest BCUT2D eigenvalue weighted by Crippen LogP contribution is -2.61. The Kier molecular flexibility index (Phi) is 12.4. The number of rotatable bonds is 7. The number of carbonyl (C=O) groups excluding carboxylic acids is 2. The normalized spacial score (nSPS) is 20.4. The summed E-state index contributed by atoms with van der Waals surface area (Å²) < 4.78 is 0. The number of carbonyl (C=O) groups is 2. The van der Waals surface area contributed by atoms with E-state index >= 15 is 0 Å². The molecule has 2 amide bonds. The maximum atomic E-state index is 13.6. The molecule has 232 valence electrons. The van der Waals surface area contributed by atoms with Gasteiger partial charge in [0.25, 0.3) is 5.91 Å². The highest BCUT2D eigenvalue weighted by atomic mass is 35.5. The van der Waals surface area contributed by atoms with Gasteiger partial charge in [-0.2, -0.15) is 0 Å². The third-order valence-corrected chi connectivity index (χ3v) is 9.69. The molecular formula is C33H40Cl4N4O2. The summed E-state index contributed by atoms with van der Waals surface area (Å²) in [5.74, 6) is 0.0388. The molecule has 5 rings (SSSR count). The molecular weight excluding hydrogens is 626 g/mol. The highest BCUT2D eigenvalue weighted by Gasteiger charge is 2.44. The molecule has 0 bridgehead atoms. The van der Waals surface area contributed by atoms with Gasteiger partial charge in [-0.3, -0.25) is 14.5 Å². The fourth-order valence-corrected chi connectivity index (χ4v) is 6.83. The van der Waals surface area contributed by atoms with Crippen molar-refractivity contribution in [3.8, 4) is 0 Å². The van der Waals surface area contributed by atoms with Crippen LogP contribution in [0.4, 0.5) is 0 Å². The first-order chi connectivity index (χ1) is 19.7. The zero-order chi connectivity index (χ0) is 29.0. The van der Waals surface area contributed by atoms with E-state index in [-0.39, 0.29) is 42.2 Å². The molecule has 0 aromatic heterocycles. The van der Waals surface area contributed by atoms with Crippen molar-refractivity contribution >= 4 is 59.8 Å². The minimum absolute atomic E-state index is 0. The van der Waals surface area contributed by atoms with Crippen LogP contribution in [0.25, 0.3) is 0 Å². The molecule has 0 aliphatic carbocycles. The second-order valence-corrected chi connectivity index (χ2v) is 12.2. The van der Waals surface area contributed by atoms with Gasteiger partial charge < -0.3 is 15.1 Å². The van der Waals surface area contributed by atoms with Crippen LogP contribution in [-0.4, -0.2) is 72.8 Å². The number of nitrogens with one attached hydrogen (secondary N) is 1. The molecule has 1 atom stereocenters. The van der Waals surface area contributed by atoms with Gasteiger partial charge in [0.15, 0.2) is 0 Å². The first-order valence-electron chi connectivity index (χ1n) is 14.3. The zero-order valence-corrected chi connectivity index (χ0v) is 27.7. The zero-order valence-electron chi connectivity index (χ0n) is 24.6. The molecule has 0 radical (unpaired) electrons. The van der Waals surface area contributed by atoms with E-state index in [0.29, 0.717) is 28.7 Å². The number of piperidine rings is 1. The SMILES string of the molecule is CC(=O)NC1(c2ccccc2)CCN(CCC2(c3ccc(Cl)c(Cl)c3)CN(C(=O)c3ccccc3)CCN2C)CC1.Cl.Cl. The summed E-state index contributed by atoms with van der Waals surface area (Å²) >= 11 is 12.9. The van der Waals surface area contributed by atoms with E-state index in [1.165, 1.54) is 0 Å². The number of likely N-dealkylation sites (N-methyl/N-ethyl adjacent to an activating group) is 1. The Morgan fingerprint density at radius 3 is 2.05 bits per heavy atom. The van der Waals surface area contributed by atoms with Crippen LogP contribution in [0.3, 0.4) is 0 Å². The summed E-state index contributed by atoms with van der Waals surface area (Å²) in [6.07, 6.45) is 2.49. The van der Waals surface area contributed by atoms with Crippen LogP contribution in [0.15, 0.2) is 78.9 Å². The summed E-state index contributed by atoms with van der Waals surface area (Å²) in [5.41, 5.74) is 2.14. The average molecular weight is 667 g/mol. The monoisotopic (exact) mass is 664 g/mol. The second-order valence-electron chi connectivity index (χ2n) is 11.4. The van der Waals surface area contributed by atoms with E-state index in [2.05, 4.69) is 40.4 Å². The number of likely N-dealkylation sites (tertiary alicyclic amines) is 1. The van der Waals surface area contributed by atoms with Crippen molar-refractivity contribution in [2.24, 2.45) is 0 Å². The Labute approximate surface area is 277 Å². The van der Waals surface area contributed by atoms with Crippen LogP contribution in [0.2, 0.25) is 10.0 Å². The molecule has 6 nitrogen and oxygen atoms in total. The summed E-state index contributed by atoms with van der Waals surface area (Å²) in [5, 5.41) is 4.32. The van der Waals surface area contributed by atoms with Gasteiger partial charge in [0, 0.05) is 51.8 Å². The molecule has 2 heterocycles. The van der Waals surface area contributed by atoms with Crippen molar-refractivity contribution < 1.29 is 9.59 Å². The van der Waals surface area contributed by atoms with Gasteiger partial charge in [0.05, 0.1) is 21.1 Å².